The number of hydrogen-bond donors (Lipinski definition) is 1. The second-order valence-corrected chi connectivity index (χ2v) is 3.96. The van der Waals surface area contributed by atoms with Gasteiger partial charge in [0.1, 0.15) is 0 Å². The average Bonchev–Trinajstić information content (AvgIpc) is 2.20. The van der Waals surface area contributed by atoms with E-state index in [4.69, 9.17) is 4.74 Å². The molecule has 0 amide bonds. The molecule has 1 N–H and O–H groups in total. The minimum absolute atomic E-state index is 0.267. The van der Waals surface area contributed by atoms with Gasteiger partial charge in [0.05, 0.1) is 7.11 Å². The van der Waals surface area contributed by atoms with Gasteiger partial charge in [-0.3, -0.25) is 0 Å². The number of halogens is 1. The predicted molar refractivity (Wildman–Crippen MR) is 59.5 cm³/mol. The Morgan fingerprint density at radius 3 is 2.73 bits per heavy atom. The molecule has 0 saturated heterocycles. The van der Waals surface area contributed by atoms with Crippen molar-refractivity contribution in [3.63, 3.8) is 0 Å². The highest BCUT2D eigenvalue weighted by atomic mass is 19.1. The second-order valence-electron chi connectivity index (χ2n) is 3.96. The molecule has 2 nitrogen and oxygen atoms in total. The second kappa shape index (κ2) is 5.71. The molecule has 0 aromatic heterocycles. The molecular formula is C12H18FNO. The molecule has 84 valence electrons. The fraction of sp³-hybridized carbons (Fsp3) is 0.500. The van der Waals surface area contributed by atoms with Gasteiger partial charge in [-0.05, 0) is 18.5 Å². The average molecular weight is 211 g/mol. The molecule has 0 aliphatic carbocycles. The molecule has 3 heteroatoms. The van der Waals surface area contributed by atoms with Gasteiger partial charge in [0.2, 0.25) is 0 Å². The zero-order valence-electron chi connectivity index (χ0n) is 9.51. The first-order valence-corrected chi connectivity index (χ1v) is 5.17. The van der Waals surface area contributed by atoms with Gasteiger partial charge < -0.3 is 10.1 Å². The molecule has 1 rings (SSSR count). The van der Waals surface area contributed by atoms with Crippen LogP contribution >= 0.6 is 0 Å². The summed E-state index contributed by atoms with van der Waals surface area (Å²) >= 11 is 0. The Bertz CT molecular complexity index is 312. The van der Waals surface area contributed by atoms with Crippen molar-refractivity contribution in [2.24, 2.45) is 5.92 Å². The Kier molecular flexibility index (Phi) is 4.56. The summed E-state index contributed by atoms with van der Waals surface area (Å²) in [5, 5.41) is 3.20. The van der Waals surface area contributed by atoms with E-state index in [9.17, 15) is 4.39 Å². The van der Waals surface area contributed by atoms with Crippen molar-refractivity contribution >= 4 is 0 Å². The summed E-state index contributed by atoms with van der Waals surface area (Å²) in [6.07, 6.45) is 0. The maximum Gasteiger partial charge on any atom is 0.169 e. The molecule has 0 unspecified atom stereocenters. The Morgan fingerprint density at radius 1 is 1.40 bits per heavy atom. The third-order valence-corrected chi connectivity index (χ3v) is 2.13. The van der Waals surface area contributed by atoms with E-state index in [2.05, 4.69) is 19.2 Å². The zero-order valence-corrected chi connectivity index (χ0v) is 9.51. The number of nitrogens with one attached hydrogen (secondary N) is 1. The van der Waals surface area contributed by atoms with E-state index in [-0.39, 0.29) is 5.82 Å². The van der Waals surface area contributed by atoms with Crippen LogP contribution in [0.5, 0.6) is 5.75 Å². The fourth-order valence-electron chi connectivity index (χ4n) is 1.35. The normalized spacial score (nSPS) is 10.7. The van der Waals surface area contributed by atoms with E-state index in [0.29, 0.717) is 23.8 Å². The monoisotopic (exact) mass is 211 g/mol. The highest BCUT2D eigenvalue weighted by Gasteiger charge is 2.07. The largest absolute Gasteiger partial charge is 0.494 e. The van der Waals surface area contributed by atoms with Crippen molar-refractivity contribution in [2.45, 2.75) is 20.4 Å². The first-order valence-electron chi connectivity index (χ1n) is 5.17. The molecule has 0 saturated carbocycles. The molecule has 0 radical (unpaired) electrons. The molecular weight excluding hydrogens is 193 g/mol. The van der Waals surface area contributed by atoms with Crippen molar-refractivity contribution in [2.75, 3.05) is 13.7 Å². The Hall–Kier alpha value is -1.09. The third-order valence-electron chi connectivity index (χ3n) is 2.13. The van der Waals surface area contributed by atoms with E-state index < -0.39 is 0 Å². The van der Waals surface area contributed by atoms with Gasteiger partial charge in [-0.15, -0.1) is 0 Å². The Morgan fingerprint density at radius 2 is 2.13 bits per heavy atom. The number of hydrogen-bond acceptors (Lipinski definition) is 2. The molecule has 0 spiro atoms. The fourth-order valence-corrected chi connectivity index (χ4v) is 1.35. The molecule has 0 fully saturated rings. The molecule has 15 heavy (non-hydrogen) atoms. The van der Waals surface area contributed by atoms with Gasteiger partial charge >= 0.3 is 0 Å². The molecule has 0 aliphatic rings. The van der Waals surface area contributed by atoms with Crippen LogP contribution in [0, 0.1) is 11.7 Å². The summed E-state index contributed by atoms with van der Waals surface area (Å²) in [6.45, 7) is 5.67. The highest BCUT2D eigenvalue weighted by molar-refractivity contribution is 5.30. The Balaban J connectivity index is 2.61. The number of ether oxygens (including phenoxy) is 1. The highest BCUT2D eigenvalue weighted by Crippen LogP contribution is 2.19. The van der Waals surface area contributed by atoms with Crippen LogP contribution in [0.4, 0.5) is 4.39 Å². The van der Waals surface area contributed by atoms with Crippen molar-refractivity contribution in [1.29, 1.82) is 0 Å². The first kappa shape index (κ1) is 12.0. The summed E-state index contributed by atoms with van der Waals surface area (Å²) in [5.74, 6) is 0.605. The molecule has 0 heterocycles. The minimum Gasteiger partial charge on any atom is -0.494 e. The standard InChI is InChI=1S/C12H18FNO/c1-9(2)7-14-8-10-5-4-6-11(15-3)12(10)13/h4-6,9,14H,7-8H2,1-3H3. The van der Waals surface area contributed by atoms with Crippen LogP contribution < -0.4 is 10.1 Å². The first-order chi connectivity index (χ1) is 7.15. The summed E-state index contributed by atoms with van der Waals surface area (Å²) in [7, 11) is 1.48. The lowest BCUT2D eigenvalue weighted by molar-refractivity contribution is 0.383. The van der Waals surface area contributed by atoms with E-state index in [1.54, 1.807) is 18.2 Å². The van der Waals surface area contributed by atoms with Crippen molar-refractivity contribution < 1.29 is 9.13 Å². The third kappa shape index (κ3) is 3.51. The van der Waals surface area contributed by atoms with Gasteiger partial charge in [-0.1, -0.05) is 26.0 Å². The van der Waals surface area contributed by atoms with Gasteiger partial charge in [0.25, 0.3) is 0 Å². The lowest BCUT2D eigenvalue weighted by atomic mass is 10.2. The minimum atomic E-state index is -0.267. The van der Waals surface area contributed by atoms with Crippen LogP contribution in [0.15, 0.2) is 18.2 Å². The molecule has 1 aromatic rings. The number of rotatable bonds is 5. The van der Waals surface area contributed by atoms with Crippen LogP contribution in [-0.4, -0.2) is 13.7 Å². The summed E-state index contributed by atoms with van der Waals surface area (Å²) in [5.41, 5.74) is 0.648. The molecule has 0 aliphatic heterocycles. The maximum atomic E-state index is 13.6. The van der Waals surface area contributed by atoms with Gasteiger partial charge in [-0.25, -0.2) is 4.39 Å². The van der Waals surface area contributed by atoms with Crippen molar-refractivity contribution in [1.82, 2.24) is 5.32 Å². The van der Waals surface area contributed by atoms with Gasteiger partial charge in [0.15, 0.2) is 11.6 Å². The number of methoxy groups -OCH3 is 1. The van der Waals surface area contributed by atoms with Crippen LogP contribution in [0.3, 0.4) is 0 Å². The molecule has 0 bridgehead atoms. The van der Waals surface area contributed by atoms with Gasteiger partial charge in [0, 0.05) is 12.1 Å². The summed E-state index contributed by atoms with van der Waals surface area (Å²) < 4.78 is 18.5. The maximum absolute atomic E-state index is 13.6. The van der Waals surface area contributed by atoms with Crippen LogP contribution in [0.2, 0.25) is 0 Å². The van der Waals surface area contributed by atoms with E-state index in [1.165, 1.54) is 7.11 Å². The van der Waals surface area contributed by atoms with Crippen LogP contribution in [0.1, 0.15) is 19.4 Å². The van der Waals surface area contributed by atoms with Crippen molar-refractivity contribution in [3.05, 3.63) is 29.6 Å². The van der Waals surface area contributed by atoms with E-state index >= 15 is 0 Å². The smallest absolute Gasteiger partial charge is 0.169 e. The summed E-state index contributed by atoms with van der Waals surface area (Å²) in [4.78, 5) is 0. The SMILES string of the molecule is COc1cccc(CNCC(C)C)c1F. The predicted octanol–water partition coefficient (Wildman–Crippen LogP) is 2.58. The van der Waals surface area contributed by atoms with E-state index in [1.807, 2.05) is 0 Å². The van der Waals surface area contributed by atoms with Crippen LogP contribution in [0.25, 0.3) is 0 Å². The number of benzene rings is 1. The quantitative estimate of drug-likeness (QED) is 0.808. The lowest BCUT2D eigenvalue weighted by Gasteiger charge is -2.09. The lowest BCUT2D eigenvalue weighted by Crippen LogP contribution is -2.19. The van der Waals surface area contributed by atoms with Crippen molar-refractivity contribution in [3.8, 4) is 5.75 Å². The Labute approximate surface area is 90.4 Å². The zero-order chi connectivity index (χ0) is 11.3. The van der Waals surface area contributed by atoms with E-state index in [0.717, 1.165) is 6.54 Å². The van der Waals surface area contributed by atoms with Crippen LogP contribution in [-0.2, 0) is 6.54 Å². The van der Waals surface area contributed by atoms with Gasteiger partial charge in [-0.2, -0.15) is 0 Å². The summed E-state index contributed by atoms with van der Waals surface area (Å²) in [6, 6.07) is 5.20. The topological polar surface area (TPSA) is 21.3 Å². The molecule has 0 atom stereocenters. The molecule has 1 aromatic carbocycles.